The molecule has 5 rings (SSSR count). The van der Waals surface area contributed by atoms with E-state index in [0.717, 1.165) is 41.7 Å². The Bertz CT molecular complexity index is 1130. The van der Waals surface area contributed by atoms with Crippen molar-refractivity contribution < 1.29 is 4.79 Å². The van der Waals surface area contributed by atoms with Crippen molar-refractivity contribution in [2.45, 2.75) is 19.4 Å². The largest absolute Gasteiger partial charge is 0.355 e. The number of anilines is 1. The van der Waals surface area contributed by atoms with Gasteiger partial charge >= 0.3 is 0 Å². The number of aromatic nitrogens is 6. The quantitative estimate of drug-likeness (QED) is 0.574. The Morgan fingerprint density at radius 3 is 2.81 bits per heavy atom. The Labute approximate surface area is 158 Å². The summed E-state index contributed by atoms with van der Waals surface area (Å²) < 4.78 is 10.0. The first-order chi connectivity index (χ1) is 13.3. The smallest absolute Gasteiger partial charge is 0.251 e. The third-order valence-electron chi connectivity index (χ3n) is 4.67. The number of benzene rings is 1. The lowest BCUT2D eigenvalue weighted by molar-refractivity contribution is 0.0950. The van der Waals surface area contributed by atoms with E-state index in [1.807, 2.05) is 12.1 Å². The second-order valence-corrected chi connectivity index (χ2v) is 6.95. The normalized spacial score (nSPS) is 14.3. The molecule has 0 bridgehead atoms. The van der Waals surface area contributed by atoms with E-state index in [4.69, 9.17) is 0 Å². The summed E-state index contributed by atoms with van der Waals surface area (Å²) in [6.45, 7) is 2.27. The van der Waals surface area contributed by atoms with Crippen LogP contribution < -0.4 is 10.2 Å². The molecule has 1 N–H and O–H groups in total. The third-order valence-corrected chi connectivity index (χ3v) is 5.22. The van der Waals surface area contributed by atoms with Gasteiger partial charge in [0.15, 0.2) is 11.5 Å². The molecule has 3 aromatic heterocycles. The number of nitrogens with one attached hydrogen (secondary N) is 1. The number of carbonyl (C=O) groups is 1. The van der Waals surface area contributed by atoms with Gasteiger partial charge in [0.2, 0.25) is 0 Å². The van der Waals surface area contributed by atoms with Crippen LogP contribution in [0.2, 0.25) is 0 Å². The van der Waals surface area contributed by atoms with Crippen molar-refractivity contribution >= 4 is 40.1 Å². The van der Waals surface area contributed by atoms with E-state index >= 15 is 0 Å². The van der Waals surface area contributed by atoms with E-state index in [-0.39, 0.29) is 12.5 Å². The highest BCUT2D eigenvalue weighted by atomic mass is 32.1. The minimum absolute atomic E-state index is 0.197. The van der Waals surface area contributed by atoms with Gasteiger partial charge in [-0.05, 0) is 43.2 Å². The van der Waals surface area contributed by atoms with Crippen LogP contribution in [0.15, 0.2) is 30.3 Å². The second-order valence-electron chi connectivity index (χ2n) is 6.42. The molecule has 4 aromatic rings. The zero-order valence-electron chi connectivity index (χ0n) is 14.4. The monoisotopic (exact) mass is 380 g/mol. The lowest BCUT2D eigenvalue weighted by Crippen LogP contribution is -2.25. The summed E-state index contributed by atoms with van der Waals surface area (Å²) in [4.78, 5) is 14.7. The Kier molecular flexibility index (Phi) is 3.89. The Hall–Kier alpha value is -3.14. The molecule has 0 atom stereocenters. The molecular weight excluding hydrogens is 364 g/mol. The Balaban J connectivity index is 1.35. The van der Waals surface area contributed by atoms with Crippen molar-refractivity contribution in [3.05, 3.63) is 41.7 Å². The first-order valence-corrected chi connectivity index (χ1v) is 9.48. The summed E-state index contributed by atoms with van der Waals surface area (Å²) in [7, 11) is 0. The molecule has 0 radical (unpaired) electrons. The summed E-state index contributed by atoms with van der Waals surface area (Å²) in [6, 6.07) is 9.14. The van der Waals surface area contributed by atoms with Crippen LogP contribution in [-0.2, 0) is 6.54 Å². The topological polar surface area (TPSA) is 101 Å². The number of fused-ring (bicyclic) bond motifs is 2. The average molecular weight is 380 g/mol. The summed E-state index contributed by atoms with van der Waals surface area (Å²) in [6.07, 6.45) is 2.37. The van der Waals surface area contributed by atoms with E-state index in [0.29, 0.717) is 17.0 Å². The van der Waals surface area contributed by atoms with Crippen LogP contribution in [0.5, 0.6) is 0 Å². The molecule has 0 spiro atoms. The fourth-order valence-electron chi connectivity index (χ4n) is 3.23. The molecule has 1 aliphatic heterocycles. The first-order valence-electron chi connectivity index (χ1n) is 8.75. The highest BCUT2D eigenvalue weighted by Crippen LogP contribution is 2.18. The van der Waals surface area contributed by atoms with Crippen LogP contribution in [0.3, 0.4) is 0 Å². The van der Waals surface area contributed by atoms with Gasteiger partial charge in [-0.2, -0.15) is 13.3 Å². The van der Waals surface area contributed by atoms with E-state index in [1.165, 1.54) is 12.8 Å². The van der Waals surface area contributed by atoms with Gasteiger partial charge in [-0.15, -0.1) is 15.3 Å². The fraction of sp³-hybridized carbons (Fsp3) is 0.294. The standard InChI is InChI=1S/C17H16N8OS/c26-17(11-3-4-12-13(9-11)23-27-22-12)18-10-16-20-19-14-5-6-15(21-25(14)16)24-7-1-2-8-24/h3-6,9H,1-2,7-8,10H2,(H,18,26). The van der Waals surface area contributed by atoms with Crippen molar-refractivity contribution in [2.75, 3.05) is 18.0 Å². The van der Waals surface area contributed by atoms with Crippen molar-refractivity contribution in [3.8, 4) is 0 Å². The molecule has 10 heteroatoms. The van der Waals surface area contributed by atoms with Gasteiger partial charge in [-0.1, -0.05) is 0 Å². The van der Waals surface area contributed by atoms with Gasteiger partial charge in [0.05, 0.1) is 18.3 Å². The maximum atomic E-state index is 12.5. The fourth-order valence-corrected chi connectivity index (χ4v) is 3.75. The Morgan fingerprint density at radius 2 is 1.93 bits per heavy atom. The molecule has 136 valence electrons. The third kappa shape index (κ3) is 2.97. The van der Waals surface area contributed by atoms with Gasteiger partial charge < -0.3 is 10.2 Å². The van der Waals surface area contributed by atoms with E-state index < -0.39 is 0 Å². The maximum absolute atomic E-state index is 12.5. The molecule has 27 heavy (non-hydrogen) atoms. The highest BCUT2D eigenvalue weighted by Gasteiger charge is 2.16. The molecule has 0 aliphatic carbocycles. The predicted octanol–water partition coefficient (Wildman–Crippen LogP) is 1.66. The SMILES string of the molecule is O=C(NCc1nnc2ccc(N3CCCC3)nn12)c1ccc2nsnc2c1. The zero-order valence-corrected chi connectivity index (χ0v) is 15.2. The number of hydrogen-bond donors (Lipinski definition) is 1. The van der Waals surface area contributed by atoms with Crippen LogP contribution >= 0.6 is 11.7 Å². The summed E-state index contributed by atoms with van der Waals surface area (Å²) >= 11 is 1.13. The summed E-state index contributed by atoms with van der Waals surface area (Å²) in [5, 5.41) is 15.8. The van der Waals surface area contributed by atoms with Crippen LogP contribution in [0, 0.1) is 0 Å². The zero-order chi connectivity index (χ0) is 18.2. The molecule has 1 aliphatic rings. The predicted molar refractivity (Wildman–Crippen MR) is 101 cm³/mol. The summed E-state index contributed by atoms with van der Waals surface area (Å²) in [5.74, 6) is 1.31. The lowest BCUT2D eigenvalue weighted by Gasteiger charge is -2.15. The van der Waals surface area contributed by atoms with Crippen molar-refractivity contribution in [1.82, 2.24) is 33.9 Å². The maximum Gasteiger partial charge on any atom is 0.251 e. The minimum atomic E-state index is -0.197. The average Bonchev–Trinajstić information content (AvgIpc) is 3.45. The molecular formula is C17H16N8OS. The van der Waals surface area contributed by atoms with Gasteiger partial charge in [0.25, 0.3) is 5.91 Å². The van der Waals surface area contributed by atoms with Crippen LogP contribution in [-0.4, -0.2) is 47.6 Å². The number of nitrogens with zero attached hydrogens (tertiary/aromatic N) is 7. The minimum Gasteiger partial charge on any atom is -0.355 e. The lowest BCUT2D eigenvalue weighted by atomic mass is 10.2. The van der Waals surface area contributed by atoms with Gasteiger partial charge in [0.1, 0.15) is 16.9 Å². The van der Waals surface area contributed by atoms with E-state index in [9.17, 15) is 4.79 Å². The molecule has 1 aromatic carbocycles. The Morgan fingerprint density at radius 1 is 1.07 bits per heavy atom. The van der Waals surface area contributed by atoms with E-state index in [2.05, 4.69) is 34.3 Å². The highest BCUT2D eigenvalue weighted by molar-refractivity contribution is 7.00. The number of rotatable bonds is 4. The molecule has 9 nitrogen and oxygen atoms in total. The van der Waals surface area contributed by atoms with Gasteiger partial charge in [-0.3, -0.25) is 4.79 Å². The molecule has 0 unspecified atom stereocenters. The van der Waals surface area contributed by atoms with Crippen LogP contribution in [0.4, 0.5) is 5.82 Å². The molecule has 1 fully saturated rings. The number of amides is 1. The molecule has 4 heterocycles. The number of hydrogen-bond acceptors (Lipinski definition) is 8. The first kappa shape index (κ1) is 16.1. The molecule has 1 amide bonds. The van der Waals surface area contributed by atoms with Crippen molar-refractivity contribution in [3.63, 3.8) is 0 Å². The molecule has 1 saturated heterocycles. The van der Waals surface area contributed by atoms with Crippen molar-refractivity contribution in [1.29, 1.82) is 0 Å². The van der Waals surface area contributed by atoms with Crippen LogP contribution in [0.25, 0.3) is 16.7 Å². The second kappa shape index (κ2) is 6.54. The molecule has 0 saturated carbocycles. The van der Waals surface area contributed by atoms with E-state index in [1.54, 1.807) is 22.7 Å². The van der Waals surface area contributed by atoms with Gasteiger partial charge in [-0.25, -0.2) is 0 Å². The van der Waals surface area contributed by atoms with Crippen LogP contribution in [0.1, 0.15) is 29.0 Å². The van der Waals surface area contributed by atoms with Crippen molar-refractivity contribution in [2.24, 2.45) is 0 Å². The van der Waals surface area contributed by atoms with Gasteiger partial charge in [0, 0.05) is 18.7 Å². The number of carbonyl (C=O) groups excluding carboxylic acids is 1. The summed E-state index contributed by atoms with van der Waals surface area (Å²) in [5.41, 5.74) is 2.71.